The van der Waals surface area contributed by atoms with E-state index in [0.29, 0.717) is 0 Å². The quantitative estimate of drug-likeness (QED) is 0.496. The van der Waals surface area contributed by atoms with E-state index >= 15 is 0 Å². The normalized spacial score (nSPS) is 9.82. The molecule has 0 saturated carbocycles. The molecule has 0 fully saturated rings. The highest BCUT2D eigenvalue weighted by Crippen LogP contribution is 2.03. The molecule has 0 amide bonds. The van der Waals surface area contributed by atoms with Crippen LogP contribution in [0.15, 0.2) is 35.4 Å². The Balaban J connectivity index is 2.51. The second-order valence-corrected chi connectivity index (χ2v) is 1.92. The van der Waals surface area contributed by atoms with Crippen LogP contribution in [0.5, 0.6) is 0 Å². The molecule has 56 valence electrons. The van der Waals surface area contributed by atoms with Gasteiger partial charge in [-0.3, -0.25) is 5.43 Å². The van der Waals surface area contributed by atoms with Gasteiger partial charge in [-0.05, 0) is 12.1 Å². The molecule has 0 aromatic heterocycles. The molecule has 0 unspecified atom stereocenters. The molecule has 11 heavy (non-hydrogen) atoms. The molecule has 0 atom stereocenters. The minimum atomic E-state index is 0.922. The number of anilines is 1. The number of hydrogen-bond acceptors (Lipinski definition) is 3. The Kier molecular flexibility index (Phi) is 2.86. The highest BCUT2D eigenvalue weighted by Gasteiger charge is 1.81. The summed E-state index contributed by atoms with van der Waals surface area (Å²) in [7, 11) is 0. The standard InChI is InChI=1S/C8H9N3/c9-6-7-10-11-8-4-2-1-3-5-8/h1-7,9,11H/b9-6?,10-7-. The highest BCUT2D eigenvalue weighted by molar-refractivity contribution is 6.14. The lowest BCUT2D eigenvalue weighted by Gasteiger charge is -1.95. The molecule has 2 N–H and O–H groups in total. The monoisotopic (exact) mass is 147 g/mol. The van der Waals surface area contributed by atoms with Crippen molar-refractivity contribution in [2.75, 3.05) is 5.43 Å². The number of nitrogens with zero attached hydrogens (tertiary/aromatic N) is 1. The van der Waals surface area contributed by atoms with E-state index in [0.717, 1.165) is 11.9 Å². The van der Waals surface area contributed by atoms with Gasteiger partial charge in [0.1, 0.15) is 0 Å². The van der Waals surface area contributed by atoms with Crippen molar-refractivity contribution in [3.63, 3.8) is 0 Å². The Morgan fingerprint density at radius 3 is 2.64 bits per heavy atom. The van der Waals surface area contributed by atoms with E-state index in [9.17, 15) is 0 Å². The maximum absolute atomic E-state index is 6.65. The fourth-order valence-electron chi connectivity index (χ4n) is 0.662. The average molecular weight is 147 g/mol. The van der Waals surface area contributed by atoms with Crippen LogP contribution in [0.1, 0.15) is 0 Å². The molecule has 0 aliphatic rings. The first kappa shape index (κ1) is 7.47. The summed E-state index contributed by atoms with van der Waals surface area (Å²) >= 11 is 0. The van der Waals surface area contributed by atoms with E-state index in [-0.39, 0.29) is 0 Å². The summed E-state index contributed by atoms with van der Waals surface area (Å²) in [5, 5.41) is 10.4. The van der Waals surface area contributed by atoms with Crippen LogP contribution in [0.2, 0.25) is 0 Å². The van der Waals surface area contributed by atoms with Crippen molar-refractivity contribution in [3.05, 3.63) is 30.3 Å². The third kappa shape index (κ3) is 2.62. The Morgan fingerprint density at radius 1 is 1.27 bits per heavy atom. The topological polar surface area (TPSA) is 48.2 Å². The Morgan fingerprint density at radius 2 is 2.00 bits per heavy atom. The fourth-order valence-corrected chi connectivity index (χ4v) is 0.662. The molecule has 1 rings (SSSR count). The van der Waals surface area contributed by atoms with Gasteiger partial charge in [-0.25, -0.2) is 0 Å². The Bertz CT molecular complexity index is 241. The van der Waals surface area contributed by atoms with Crippen LogP contribution >= 0.6 is 0 Å². The summed E-state index contributed by atoms with van der Waals surface area (Å²) in [5.74, 6) is 0. The number of rotatable bonds is 3. The smallest absolute Gasteiger partial charge is 0.0648 e. The van der Waals surface area contributed by atoms with Crippen molar-refractivity contribution in [2.45, 2.75) is 0 Å². The first-order valence-corrected chi connectivity index (χ1v) is 3.26. The zero-order valence-electron chi connectivity index (χ0n) is 5.99. The van der Waals surface area contributed by atoms with Gasteiger partial charge >= 0.3 is 0 Å². The summed E-state index contributed by atoms with van der Waals surface area (Å²) in [4.78, 5) is 0. The fraction of sp³-hybridized carbons (Fsp3) is 0. The minimum Gasteiger partial charge on any atom is -0.307 e. The van der Waals surface area contributed by atoms with Gasteiger partial charge in [-0.15, -0.1) is 0 Å². The maximum Gasteiger partial charge on any atom is 0.0648 e. The Hall–Kier alpha value is -1.64. The van der Waals surface area contributed by atoms with Gasteiger partial charge in [-0.1, -0.05) is 18.2 Å². The van der Waals surface area contributed by atoms with Gasteiger partial charge in [0.15, 0.2) is 0 Å². The minimum absolute atomic E-state index is 0.922. The van der Waals surface area contributed by atoms with Crippen LogP contribution in [0.4, 0.5) is 5.69 Å². The summed E-state index contributed by atoms with van der Waals surface area (Å²) in [5.41, 5.74) is 3.69. The predicted octanol–water partition coefficient (Wildman–Crippen LogP) is 1.73. The molecule has 0 heterocycles. The lowest BCUT2D eigenvalue weighted by atomic mass is 10.3. The van der Waals surface area contributed by atoms with E-state index in [4.69, 9.17) is 5.41 Å². The average Bonchev–Trinajstić information content (AvgIpc) is 2.07. The zero-order chi connectivity index (χ0) is 7.94. The molecule has 0 aliphatic heterocycles. The van der Waals surface area contributed by atoms with Crippen molar-refractivity contribution in [1.82, 2.24) is 0 Å². The van der Waals surface area contributed by atoms with Gasteiger partial charge in [-0.2, -0.15) is 5.10 Å². The van der Waals surface area contributed by atoms with Gasteiger partial charge < -0.3 is 5.41 Å². The third-order valence-electron chi connectivity index (χ3n) is 1.12. The first-order valence-electron chi connectivity index (χ1n) is 3.26. The second kappa shape index (κ2) is 4.22. The molecule has 3 heteroatoms. The van der Waals surface area contributed by atoms with Gasteiger partial charge in [0.25, 0.3) is 0 Å². The molecule has 1 aromatic carbocycles. The summed E-state index contributed by atoms with van der Waals surface area (Å²) in [6, 6.07) is 9.58. The number of hydrogen-bond donors (Lipinski definition) is 2. The van der Waals surface area contributed by atoms with E-state index < -0.39 is 0 Å². The van der Waals surface area contributed by atoms with Crippen molar-refractivity contribution < 1.29 is 0 Å². The number of nitrogens with one attached hydrogen (secondary N) is 2. The van der Waals surface area contributed by atoms with Gasteiger partial charge in [0.2, 0.25) is 0 Å². The predicted molar refractivity (Wildman–Crippen MR) is 47.3 cm³/mol. The molecular formula is C8H9N3. The van der Waals surface area contributed by atoms with Crippen molar-refractivity contribution in [1.29, 1.82) is 5.41 Å². The highest BCUT2D eigenvalue weighted by atomic mass is 15.3. The lowest BCUT2D eigenvalue weighted by Crippen LogP contribution is -1.87. The van der Waals surface area contributed by atoms with Gasteiger partial charge in [0.05, 0.1) is 11.9 Å². The van der Waals surface area contributed by atoms with Crippen LogP contribution in [0, 0.1) is 5.41 Å². The first-order chi connectivity index (χ1) is 5.43. The molecule has 0 aliphatic carbocycles. The summed E-state index contributed by atoms with van der Waals surface area (Å²) in [6.45, 7) is 0. The second-order valence-electron chi connectivity index (χ2n) is 1.92. The SMILES string of the molecule is N=C/C=N\Nc1ccccc1. The van der Waals surface area contributed by atoms with Crippen LogP contribution in [0.25, 0.3) is 0 Å². The molecule has 3 nitrogen and oxygen atoms in total. The number of hydrazone groups is 1. The molecule has 0 spiro atoms. The third-order valence-corrected chi connectivity index (χ3v) is 1.12. The van der Waals surface area contributed by atoms with E-state index in [1.807, 2.05) is 30.3 Å². The number of benzene rings is 1. The molecule has 1 aromatic rings. The van der Waals surface area contributed by atoms with Crippen molar-refractivity contribution in [2.24, 2.45) is 5.10 Å². The number of para-hydroxylation sites is 1. The lowest BCUT2D eigenvalue weighted by molar-refractivity contribution is 1.36. The van der Waals surface area contributed by atoms with E-state index in [2.05, 4.69) is 10.5 Å². The van der Waals surface area contributed by atoms with Crippen LogP contribution in [-0.2, 0) is 0 Å². The van der Waals surface area contributed by atoms with E-state index in [1.165, 1.54) is 6.21 Å². The van der Waals surface area contributed by atoms with Crippen LogP contribution in [-0.4, -0.2) is 12.4 Å². The molecule has 0 saturated heterocycles. The summed E-state index contributed by atoms with van der Waals surface area (Å²) in [6.07, 6.45) is 2.50. The largest absolute Gasteiger partial charge is 0.307 e. The van der Waals surface area contributed by atoms with Crippen molar-refractivity contribution in [3.8, 4) is 0 Å². The van der Waals surface area contributed by atoms with E-state index in [1.54, 1.807) is 0 Å². The Labute approximate surface area is 65.3 Å². The molecule has 0 radical (unpaired) electrons. The summed E-state index contributed by atoms with van der Waals surface area (Å²) < 4.78 is 0. The van der Waals surface area contributed by atoms with Gasteiger partial charge in [0, 0.05) is 6.21 Å². The molecule has 0 bridgehead atoms. The van der Waals surface area contributed by atoms with Crippen molar-refractivity contribution >= 4 is 18.1 Å². The maximum atomic E-state index is 6.65. The van der Waals surface area contributed by atoms with Crippen LogP contribution in [0.3, 0.4) is 0 Å². The van der Waals surface area contributed by atoms with Crippen LogP contribution < -0.4 is 5.43 Å². The molecular weight excluding hydrogens is 138 g/mol. The zero-order valence-corrected chi connectivity index (χ0v) is 5.99.